The summed E-state index contributed by atoms with van der Waals surface area (Å²) in [7, 11) is 1.66. The predicted molar refractivity (Wildman–Crippen MR) is 230 cm³/mol. The number of hydrogen-bond donors (Lipinski definition) is 0. The molecule has 8 nitrogen and oxygen atoms in total. The second-order valence-corrected chi connectivity index (χ2v) is 19.6. The summed E-state index contributed by atoms with van der Waals surface area (Å²) in [6, 6.07) is 8.13. The highest BCUT2D eigenvalue weighted by Gasteiger charge is 2.59. The van der Waals surface area contributed by atoms with Gasteiger partial charge in [-0.05, 0) is 122 Å². The lowest BCUT2D eigenvalue weighted by Crippen LogP contribution is -2.39. The molecular formula is C51H64O8. The highest BCUT2D eigenvalue weighted by Crippen LogP contribution is 2.58. The van der Waals surface area contributed by atoms with E-state index in [4.69, 9.17) is 14.2 Å². The number of esters is 1. The first-order valence-corrected chi connectivity index (χ1v) is 22.2. The number of benzene rings is 2. The minimum atomic E-state index is -0.773. The highest BCUT2D eigenvalue weighted by molar-refractivity contribution is 5.98. The molecule has 6 unspecified atom stereocenters. The van der Waals surface area contributed by atoms with Gasteiger partial charge in [0.2, 0.25) is 0 Å². The number of ketones is 4. The molecule has 6 atom stereocenters. The molecule has 4 fully saturated rings. The van der Waals surface area contributed by atoms with Crippen molar-refractivity contribution >= 4 is 45.4 Å². The summed E-state index contributed by atoms with van der Waals surface area (Å²) in [6.45, 7) is 13.4. The summed E-state index contributed by atoms with van der Waals surface area (Å²) in [5.41, 5.74) is 2.76. The average Bonchev–Trinajstić information content (AvgIpc) is 3.58. The Balaban J connectivity index is 1.18. The van der Waals surface area contributed by atoms with Gasteiger partial charge >= 0.3 is 5.97 Å². The van der Waals surface area contributed by atoms with Crippen LogP contribution in [0.2, 0.25) is 0 Å². The van der Waals surface area contributed by atoms with Crippen molar-refractivity contribution in [1.29, 1.82) is 0 Å². The fourth-order valence-corrected chi connectivity index (χ4v) is 10.5. The second kappa shape index (κ2) is 17.3. The smallest absolute Gasteiger partial charge is 0.306 e. The van der Waals surface area contributed by atoms with Crippen molar-refractivity contribution in [3.63, 3.8) is 0 Å². The van der Waals surface area contributed by atoms with Gasteiger partial charge in [0.25, 0.3) is 0 Å². The standard InChI is InChI=1S/C51H64O8/c1-8-36-28-51(36,31(3)52)29-45(54)42-25-39(26-43(42)49(56)44(50(4,5)6)27-48(55)59-38-14-11-15-38)58-47-24-35(23-41-30(2)46(57-7)19-18-40(41)47)34-17-16-33(20-34)22-37(53)21-32-12-9-10-13-32/h8,17-20,23-24,32,36,38-39,42-44H,1,9-16,21-22,25-29H2,2-7H3. The summed E-state index contributed by atoms with van der Waals surface area (Å²) in [4.78, 5) is 68.6. The maximum absolute atomic E-state index is 14.9. The molecule has 0 heterocycles. The molecule has 0 saturated heterocycles. The van der Waals surface area contributed by atoms with E-state index >= 15 is 0 Å². The maximum Gasteiger partial charge on any atom is 0.306 e. The Morgan fingerprint density at radius 3 is 2.29 bits per heavy atom. The van der Waals surface area contributed by atoms with E-state index in [0.29, 0.717) is 49.6 Å². The number of Topliss-reactive ketones (excluding diaryl/α,β-unsaturated/α-hetero) is 4. The molecule has 4 saturated carbocycles. The van der Waals surface area contributed by atoms with Gasteiger partial charge in [-0.25, -0.2) is 0 Å². The molecule has 59 heavy (non-hydrogen) atoms. The molecule has 0 bridgehead atoms. The molecule has 0 N–H and O–H groups in total. The van der Waals surface area contributed by atoms with Gasteiger partial charge in [0.15, 0.2) is 0 Å². The van der Waals surface area contributed by atoms with Crippen LogP contribution in [-0.4, -0.2) is 48.4 Å². The normalized spacial score (nSPS) is 26.1. The number of hydrogen-bond acceptors (Lipinski definition) is 8. The molecule has 7 rings (SSSR count). The zero-order chi connectivity index (χ0) is 42.2. The second-order valence-electron chi connectivity index (χ2n) is 19.6. The lowest BCUT2D eigenvalue weighted by atomic mass is 9.70. The first-order chi connectivity index (χ1) is 28.1. The van der Waals surface area contributed by atoms with Crippen LogP contribution in [0.5, 0.6) is 11.5 Å². The molecule has 2 aromatic carbocycles. The number of aryl methyl sites for hydroxylation is 1. The first kappa shape index (κ1) is 42.8. The number of carbonyl (C=O) groups is 5. The van der Waals surface area contributed by atoms with Gasteiger partial charge in [-0.2, -0.15) is 0 Å². The summed E-state index contributed by atoms with van der Waals surface area (Å²) in [5, 5.41) is 1.87. The van der Waals surface area contributed by atoms with Crippen LogP contribution in [0.15, 0.2) is 54.6 Å². The summed E-state index contributed by atoms with van der Waals surface area (Å²) in [6.07, 6.45) is 16.1. The number of rotatable bonds is 18. The van der Waals surface area contributed by atoms with Gasteiger partial charge in [0, 0.05) is 47.8 Å². The van der Waals surface area contributed by atoms with E-state index < -0.39 is 34.7 Å². The van der Waals surface area contributed by atoms with Crippen LogP contribution in [0.25, 0.3) is 16.3 Å². The van der Waals surface area contributed by atoms with E-state index in [1.54, 1.807) is 20.1 Å². The number of carbonyl (C=O) groups excluding carboxylic acids is 5. The minimum Gasteiger partial charge on any atom is -0.496 e. The Hall–Kier alpha value is -4.33. The third-order valence-corrected chi connectivity index (χ3v) is 14.5. The van der Waals surface area contributed by atoms with Crippen LogP contribution >= 0.6 is 0 Å². The van der Waals surface area contributed by atoms with Crippen molar-refractivity contribution in [2.24, 2.45) is 40.4 Å². The van der Waals surface area contributed by atoms with Gasteiger partial charge in [0.05, 0.1) is 13.5 Å². The average molecular weight is 805 g/mol. The molecule has 2 aromatic rings. The van der Waals surface area contributed by atoms with Crippen LogP contribution in [-0.2, 0) is 28.7 Å². The Morgan fingerprint density at radius 2 is 1.66 bits per heavy atom. The van der Waals surface area contributed by atoms with Gasteiger partial charge in [-0.15, -0.1) is 6.58 Å². The first-order valence-electron chi connectivity index (χ1n) is 22.2. The third-order valence-electron chi connectivity index (χ3n) is 14.5. The molecule has 5 aliphatic carbocycles. The Labute approximate surface area is 350 Å². The number of methoxy groups -OCH3 is 1. The van der Waals surface area contributed by atoms with Crippen LogP contribution in [0.1, 0.15) is 135 Å². The third kappa shape index (κ3) is 9.22. The fourth-order valence-electron chi connectivity index (χ4n) is 10.5. The minimum absolute atomic E-state index is 0.0265. The molecule has 316 valence electrons. The lowest BCUT2D eigenvalue weighted by molar-refractivity contribution is -0.157. The Morgan fingerprint density at radius 1 is 0.932 bits per heavy atom. The van der Waals surface area contributed by atoms with E-state index in [0.717, 1.165) is 77.3 Å². The molecule has 0 aliphatic heterocycles. The van der Waals surface area contributed by atoms with Crippen LogP contribution in [0, 0.1) is 47.3 Å². The maximum atomic E-state index is 14.9. The van der Waals surface area contributed by atoms with Gasteiger partial charge in [-0.3, -0.25) is 24.0 Å². The molecule has 0 spiro atoms. The zero-order valence-electron chi connectivity index (χ0n) is 36.2. The lowest BCUT2D eigenvalue weighted by Gasteiger charge is -2.33. The monoisotopic (exact) mass is 804 g/mol. The van der Waals surface area contributed by atoms with Crippen molar-refractivity contribution < 1.29 is 38.2 Å². The van der Waals surface area contributed by atoms with E-state index in [2.05, 4.69) is 24.8 Å². The molecular weight excluding hydrogens is 741 g/mol. The van der Waals surface area contributed by atoms with Crippen molar-refractivity contribution in [1.82, 2.24) is 0 Å². The van der Waals surface area contributed by atoms with Crippen LogP contribution in [0.3, 0.4) is 0 Å². The molecule has 0 amide bonds. The summed E-state index contributed by atoms with van der Waals surface area (Å²) < 4.78 is 18.4. The number of allylic oxidation sites excluding steroid dienone is 5. The molecule has 5 aliphatic rings. The fraction of sp³-hybridized carbons (Fsp3) is 0.588. The summed E-state index contributed by atoms with van der Waals surface area (Å²) >= 11 is 0. The molecule has 0 aromatic heterocycles. The van der Waals surface area contributed by atoms with E-state index in [1.807, 2.05) is 45.9 Å². The predicted octanol–water partition coefficient (Wildman–Crippen LogP) is 10.6. The molecule has 8 heteroatoms. The zero-order valence-corrected chi connectivity index (χ0v) is 36.2. The topological polar surface area (TPSA) is 113 Å². The highest BCUT2D eigenvalue weighted by atomic mass is 16.5. The van der Waals surface area contributed by atoms with Crippen molar-refractivity contribution in [2.45, 2.75) is 143 Å². The van der Waals surface area contributed by atoms with Crippen molar-refractivity contribution in [3.8, 4) is 11.5 Å². The van der Waals surface area contributed by atoms with Gasteiger partial charge in [0.1, 0.15) is 46.8 Å². The van der Waals surface area contributed by atoms with Crippen molar-refractivity contribution in [3.05, 3.63) is 65.8 Å². The Bertz CT molecular complexity index is 2070. The number of fused-ring (bicyclic) bond motifs is 1. The van der Waals surface area contributed by atoms with E-state index in [9.17, 15) is 24.0 Å². The van der Waals surface area contributed by atoms with Crippen LogP contribution < -0.4 is 9.47 Å². The Kier molecular flexibility index (Phi) is 12.6. The van der Waals surface area contributed by atoms with E-state index in [1.165, 1.54) is 12.8 Å². The van der Waals surface area contributed by atoms with Crippen molar-refractivity contribution in [2.75, 3.05) is 7.11 Å². The quantitative estimate of drug-likeness (QED) is 0.108. The largest absolute Gasteiger partial charge is 0.496 e. The van der Waals surface area contributed by atoms with Gasteiger partial charge in [-0.1, -0.05) is 70.3 Å². The summed E-state index contributed by atoms with van der Waals surface area (Å²) in [5.74, 6) is -0.427. The number of ether oxygens (including phenoxy) is 3. The molecule has 0 radical (unpaired) electrons. The van der Waals surface area contributed by atoms with Gasteiger partial charge < -0.3 is 14.2 Å². The SMILES string of the molecule is C=CC1CC1(CC(=O)C1CC(Oc2cc(C3=CCC(CC(=O)CC4CCCC4)=C3)cc3c(C)c(OC)ccc23)CC1C(=O)C(CC(=O)OC1CCC1)C(C)(C)C)C(C)=O. The van der Waals surface area contributed by atoms with E-state index in [-0.39, 0.29) is 48.2 Å². The van der Waals surface area contributed by atoms with Crippen LogP contribution in [0.4, 0.5) is 0 Å².